The summed E-state index contributed by atoms with van der Waals surface area (Å²) in [5.74, 6) is -0.00936. The number of carbonyl (C=O) groups excluding carboxylic acids is 2. The summed E-state index contributed by atoms with van der Waals surface area (Å²) in [5.41, 5.74) is 1.67. The van der Waals surface area contributed by atoms with Crippen molar-refractivity contribution in [1.29, 1.82) is 0 Å². The molecule has 24 heavy (non-hydrogen) atoms. The lowest BCUT2D eigenvalue weighted by atomic mass is 10.0. The van der Waals surface area contributed by atoms with Crippen LogP contribution in [-0.2, 0) is 14.3 Å². The number of H-pyrrole nitrogens is 1. The molecule has 7 heteroatoms. The summed E-state index contributed by atoms with van der Waals surface area (Å²) in [7, 11) is 0. The van der Waals surface area contributed by atoms with E-state index in [2.05, 4.69) is 15.3 Å². The number of piperidine rings is 1. The first-order chi connectivity index (χ1) is 11.7. The van der Waals surface area contributed by atoms with Crippen LogP contribution in [0.3, 0.4) is 0 Å². The number of nitrogens with zero attached hydrogens (tertiary/aromatic N) is 2. The molecule has 0 bridgehead atoms. The minimum Gasteiger partial charge on any atom is -0.465 e. The summed E-state index contributed by atoms with van der Waals surface area (Å²) >= 11 is 0. The highest BCUT2D eigenvalue weighted by Crippen LogP contribution is 2.18. The lowest BCUT2D eigenvalue weighted by Crippen LogP contribution is -2.48. The summed E-state index contributed by atoms with van der Waals surface area (Å²) < 4.78 is 5.12. The molecule has 1 aliphatic rings. The van der Waals surface area contributed by atoms with Crippen LogP contribution in [0.2, 0.25) is 0 Å². The number of nitrogens with one attached hydrogen (secondary N) is 2. The third-order valence-corrected chi connectivity index (χ3v) is 4.17. The molecule has 0 aliphatic carbocycles. The molecule has 2 heterocycles. The Labute approximate surface area is 140 Å². The predicted octanol–water partition coefficient (Wildman–Crippen LogP) is 1.92. The maximum atomic E-state index is 12.3. The Morgan fingerprint density at radius 1 is 1.38 bits per heavy atom. The number of imidazole rings is 1. The van der Waals surface area contributed by atoms with Gasteiger partial charge in [-0.2, -0.15) is 0 Å². The molecule has 1 amide bonds. The van der Waals surface area contributed by atoms with E-state index in [0.717, 1.165) is 36.8 Å². The first-order valence-electron chi connectivity index (χ1n) is 8.32. The van der Waals surface area contributed by atoms with Crippen LogP contribution in [0.5, 0.6) is 0 Å². The van der Waals surface area contributed by atoms with E-state index in [1.54, 1.807) is 6.92 Å². The first kappa shape index (κ1) is 16.4. The van der Waals surface area contributed by atoms with E-state index >= 15 is 0 Å². The number of para-hydroxylation sites is 2. The maximum Gasteiger partial charge on any atom is 0.323 e. The van der Waals surface area contributed by atoms with Gasteiger partial charge in [-0.25, -0.2) is 4.98 Å². The van der Waals surface area contributed by atoms with E-state index in [-0.39, 0.29) is 24.5 Å². The molecule has 1 fully saturated rings. The fraction of sp³-hybridized carbons (Fsp3) is 0.471. The summed E-state index contributed by atoms with van der Waals surface area (Å²) in [4.78, 5) is 33.7. The van der Waals surface area contributed by atoms with Crippen molar-refractivity contribution in [2.24, 2.45) is 0 Å². The lowest BCUT2D eigenvalue weighted by Gasteiger charge is -2.33. The SMILES string of the molecule is CCOC(=O)C1CCCCN1CC(=O)Nc1nc2ccccc2[nH]1. The molecule has 1 saturated heterocycles. The number of fused-ring (bicyclic) bond motifs is 1. The van der Waals surface area contributed by atoms with Crippen LogP contribution in [0, 0.1) is 0 Å². The van der Waals surface area contributed by atoms with Crippen LogP contribution >= 0.6 is 0 Å². The molecule has 0 spiro atoms. The van der Waals surface area contributed by atoms with E-state index in [9.17, 15) is 9.59 Å². The van der Waals surface area contributed by atoms with Gasteiger partial charge in [0.15, 0.2) is 0 Å². The van der Waals surface area contributed by atoms with Crippen LogP contribution in [0.15, 0.2) is 24.3 Å². The van der Waals surface area contributed by atoms with Crippen LogP contribution in [0.1, 0.15) is 26.2 Å². The third kappa shape index (κ3) is 3.73. The van der Waals surface area contributed by atoms with Crippen molar-refractivity contribution in [3.63, 3.8) is 0 Å². The Morgan fingerprint density at radius 3 is 3.00 bits per heavy atom. The van der Waals surface area contributed by atoms with Crippen molar-refractivity contribution in [2.75, 3.05) is 25.0 Å². The molecule has 1 aliphatic heterocycles. The summed E-state index contributed by atoms with van der Waals surface area (Å²) in [6.07, 6.45) is 2.69. The van der Waals surface area contributed by atoms with Gasteiger partial charge in [0, 0.05) is 0 Å². The summed E-state index contributed by atoms with van der Waals surface area (Å²) in [5, 5.41) is 2.77. The standard InChI is InChI=1S/C17H22N4O3/c1-2-24-16(23)14-9-5-6-10-21(14)11-15(22)20-17-18-12-7-3-4-8-13(12)19-17/h3-4,7-8,14H,2,5-6,9-11H2,1H3,(H2,18,19,20,22). The molecule has 2 N–H and O–H groups in total. The van der Waals surface area contributed by atoms with Gasteiger partial charge in [0.2, 0.25) is 11.9 Å². The minimum atomic E-state index is -0.333. The van der Waals surface area contributed by atoms with Crippen molar-refractivity contribution in [3.05, 3.63) is 24.3 Å². The Hall–Kier alpha value is -2.41. The van der Waals surface area contributed by atoms with Crippen molar-refractivity contribution < 1.29 is 14.3 Å². The Kier molecular flexibility index (Phi) is 5.10. The first-order valence-corrected chi connectivity index (χ1v) is 8.32. The molecule has 0 saturated carbocycles. The quantitative estimate of drug-likeness (QED) is 0.818. The molecule has 1 atom stereocenters. The highest BCUT2D eigenvalue weighted by Gasteiger charge is 2.31. The zero-order chi connectivity index (χ0) is 16.9. The second-order valence-electron chi connectivity index (χ2n) is 5.88. The molecular weight excluding hydrogens is 308 g/mol. The maximum absolute atomic E-state index is 12.3. The van der Waals surface area contributed by atoms with Gasteiger partial charge in [0.1, 0.15) is 6.04 Å². The van der Waals surface area contributed by atoms with E-state index in [1.165, 1.54) is 0 Å². The van der Waals surface area contributed by atoms with Gasteiger partial charge in [-0.15, -0.1) is 0 Å². The topological polar surface area (TPSA) is 87.3 Å². The molecule has 128 valence electrons. The highest BCUT2D eigenvalue weighted by molar-refractivity contribution is 5.92. The molecule has 1 aromatic heterocycles. The number of amides is 1. The molecule has 3 rings (SSSR count). The Morgan fingerprint density at radius 2 is 2.21 bits per heavy atom. The van der Waals surface area contributed by atoms with E-state index in [1.807, 2.05) is 29.2 Å². The van der Waals surface area contributed by atoms with Crippen LogP contribution in [-0.4, -0.2) is 52.5 Å². The van der Waals surface area contributed by atoms with Gasteiger partial charge in [-0.05, 0) is 38.4 Å². The van der Waals surface area contributed by atoms with Crippen molar-refractivity contribution in [1.82, 2.24) is 14.9 Å². The monoisotopic (exact) mass is 330 g/mol. The fourth-order valence-corrected chi connectivity index (χ4v) is 3.05. The van der Waals surface area contributed by atoms with Crippen molar-refractivity contribution in [2.45, 2.75) is 32.2 Å². The average molecular weight is 330 g/mol. The lowest BCUT2D eigenvalue weighted by molar-refractivity contribution is -0.151. The van der Waals surface area contributed by atoms with Crippen molar-refractivity contribution in [3.8, 4) is 0 Å². The van der Waals surface area contributed by atoms with Gasteiger partial charge in [0.05, 0.1) is 24.2 Å². The molecular formula is C17H22N4O3. The third-order valence-electron chi connectivity index (χ3n) is 4.17. The fourth-order valence-electron chi connectivity index (χ4n) is 3.05. The second-order valence-corrected chi connectivity index (χ2v) is 5.88. The largest absolute Gasteiger partial charge is 0.465 e. The van der Waals surface area contributed by atoms with Crippen LogP contribution < -0.4 is 5.32 Å². The van der Waals surface area contributed by atoms with E-state index in [0.29, 0.717) is 12.6 Å². The number of rotatable bonds is 5. The van der Waals surface area contributed by atoms with Gasteiger partial charge < -0.3 is 9.72 Å². The number of likely N-dealkylation sites (tertiary alicyclic amines) is 1. The normalized spacial score (nSPS) is 18.5. The van der Waals surface area contributed by atoms with Crippen LogP contribution in [0.25, 0.3) is 11.0 Å². The zero-order valence-electron chi connectivity index (χ0n) is 13.7. The molecule has 7 nitrogen and oxygen atoms in total. The zero-order valence-corrected chi connectivity index (χ0v) is 13.7. The number of aromatic nitrogens is 2. The van der Waals surface area contributed by atoms with Gasteiger partial charge in [0.25, 0.3) is 0 Å². The summed E-state index contributed by atoms with van der Waals surface area (Å²) in [6, 6.07) is 7.25. The smallest absolute Gasteiger partial charge is 0.323 e. The number of hydrogen-bond donors (Lipinski definition) is 2. The molecule has 0 radical (unpaired) electrons. The minimum absolute atomic E-state index is 0.153. The summed E-state index contributed by atoms with van der Waals surface area (Å²) in [6.45, 7) is 3.02. The number of anilines is 1. The Balaban J connectivity index is 1.63. The van der Waals surface area contributed by atoms with Crippen LogP contribution in [0.4, 0.5) is 5.95 Å². The number of ether oxygens (including phenoxy) is 1. The van der Waals surface area contributed by atoms with E-state index < -0.39 is 0 Å². The van der Waals surface area contributed by atoms with Gasteiger partial charge in [-0.1, -0.05) is 18.6 Å². The number of aromatic amines is 1. The van der Waals surface area contributed by atoms with Gasteiger partial charge >= 0.3 is 5.97 Å². The number of benzene rings is 1. The Bertz CT molecular complexity index is 694. The molecule has 1 unspecified atom stereocenters. The molecule has 2 aromatic rings. The number of carbonyl (C=O) groups is 2. The number of esters is 1. The van der Waals surface area contributed by atoms with E-state index in [4.69, 9.17) is 4.74 Å². The highest BCUT2D eigenvalue weighted by atomic mass is 16.5. The predicted molar refractivity (Wildman–Crippen MR) is 90.6 cm³/mol. The average Bonchev–Trinajstić information content (AvgIpc) is 2.97. The molecule has 1 aromatic carbocycles. The van der Waals surface area contributed by atoms with Crippen molar-refractivity contribution >= 4 is 28.9 Å². The second kappa shape index (κ2) is 7.44. The number of hydrogen-bond acceptors (Lipinski definition) is 5. The van der Waals surface area contributed by atoms with Gasteiger partial charge in [-0.3, -0.25) is 19.8 Å².